The molecular formula is C13H9BrN2. The third-order valence-electron chi connectivity index (χ3n) is 1.94. The molecule has 0 spiro atoms. The van der Waals surface area contributed by atoms with Gasteiger partial charge in [-0.2, -0.15) is 0 Å². The lowest BCUT2D eigenvalue weighted by atomic mass is 10.2. The summed E-state index contributed by atoms with van der Waals surface area (Å²) in [5, 5.41) is 0. The largest absolute Gasteiger partial charge is 0.309 e. The summed E-state index contributed by atoms with van der Waals surface area (Å²) in [5.74, 6) is 0. The Balaban J connectivity index is 2.03. The minimum Gasteiger partial charge on any atom is -0.278 e. The van der Waals surface area contributed by atoms with Gasteiger partial charge in [-0.05, 0) is 24.3 Å². The second-order valence-corrected chi connectivity index (χ2v) is 4.07. The lowest BCUT2D eigenvalue weighted by Gasteiger charge is -1.97. The van der Waals surface area contributed by atoms with Crippen LogP contribution in [0.25, 0.3) is 10.4 Å². The SMILES string of the molecule is Brc1ccc(C#[N+][N-]c2ccccc2)cc1. The van der Waals surface area contributed by atoms with Crippen LogP contribution in [0.5, 0.6) is 0 Å². The van der Waals surface area contributed by atoms with Crippen LogP contribution in [0.4, 0.5) is 5.69 Å². The highest BCUT2D eigenvalue weighted by Gasteiger charge is 1.92. The molecule has 0 saturated heterocycles. The summed E-state index contributed by atoms with van der Waals surface area (Å²) in [6, 6.07) is 20.2. The Labute approximate surface area is 103 Å². The summed E-state index contributed by atoms with van der Waals surface area (Å²) in [5.41, 5.74) is 5.76. The maximum Gasteiger partial charge on any atom is 0.309 e. The van der Waals surface area contributed by atoms with E-state index in [0.29, 0.717) is 0 Å². The van der Waals surface area contributed by atoms with Gasteiger partial charge >= 0.3 is 6.07 Å². The number of hydrogen-bond donors (Lipinski definition) is 0. The zero-order chi connectivity index (χ0) is 11.2. The lowest BCUT2D eigenvalue weighted by molar-refractivity contribution is 1.59. The van der Waals surface area contributed by atoms with E-state index >= 15 is 0 Å². The highest BCUT2D eigenvalue weighted by atomic mass is 79.9. The van der Waals surface area contributed by atoms with Crippen molar-refractivity contribution in [3.63, 3.8) is 0 Å². The molecule has 0 aliphatic carbocycles. The van der Waals surface area contributed by atoms with E-state index in [9.17, 15) is 0 Å². The van der Waals surface area contributed by atoms with Gasteiger partial charge in [0.1, 0.15) is 5.56 Å². The van der Waals surface area contributed by atoms with Crippen molar-refractivity contribution in [2.75, 3.05) is 0 Å². The van der Waals surface area contributed by atoms with Crippen molar-refractivity contribution in [2.45, 2.75) is 0 Å². The van der Waals surface area contributed by atoms with Gasteiger partial charge < -0.3 is 0 Å². The third-order valence-corrected chi connectivity index (χ3v) is 2.47. The Morgan fingerprint density at radius 3 is 2.31 bits per heavy atom. The van der Waals surface area contributed by atoms with Gasteiger partial charge in [-0.15, -0.1) is 0 Å². The monoisotopic (exact) mass is 272 g/mol. The molecule has 2 aromatic carbocycles. The molecule has 2 rings (SSSR count). The van der Waals surface area contributed by atoms with Crippen LogP contribution in [0.2, 0.25) is 0 Å². The van der Waals surface area contributed by atoms with Crippen molar-refractivity contribution in [1.82, 2.24) is 0 Å². The molecule has 0 amide bonds. The van der Waals surface area contributed by atoms with E-state index in [2.05, 4.69) is 32.4 Å². The summed E-state index contributed by atoms with van der Waals surface area (Å²) in [4.78, 5) is 3.90. The number of halogens is 1. The molecule has 0 fully saturated rings. The molecule has 78 valence electrons. The van der Waals surface area contributed by atoms with Crippen LogP contribution in [0.15, 0.2) is 59.1 Å². The van der Waals surface area contributed by atoms with E-state index in [4.69, 9.17) is 0 Å². The summed E-state index contributed by atoms with van der Waals surface area (Å²) in [6.07, 6.45) is 0. The third kappa shape index (κ3) is 3.11. The Morgan fingerprint density at radius 1 is 0.938 bits per heavy atom. The smallest absolute Gasteiger partial charge is 0.278 e. The van der Waals surface area contributed by atoms with Gasteiger partial charge in [-0.25, -0.2) is 0 Å². The Bertz CT molecular complexity index is 509. The minimum absolute atomic E-state index is 0.826. The van der Waals surface area contributed by atoms with Crippen molar-refractivity contribution in [3.8, 4) is 6.07 Å². The first-order valence-corrected chi connectivity index (χ1v) is 5.61. The molecular weight excluding hydrogens is 264 g/mol. The first-order valence-electron chi connectivity index (χ1n) is 4.82. The number of nitrogens with zero attached hydrogens (tertiary/aromatic N) is 2. The molecule has 0 aliphatic rings. The van der Waals surface area contributed by atoms with E-state index in [-0.39, 0.29) is 0 Å². The second-order valence-electron chi connectivity index (χ2n) is 3.15. The van der Waals surface area contributed by atoms with Crippen molar-refractivity contribution in [1.29, 1.82) is 0 Å². The molecule has 3 heteroatoms. The average Bonchev–Trinajstić information content (AvgIpc) is 2.33. The standard InChI is InChI=1S/C13H9BrN2/c14-12-8-6-11(7-9-12)10-15-16-13-4-2-1-3-5-13/h1-9H. The Morgan fingerprint density at radius 2 is 1.62 bits per heavy atom. The van der Waals surface area contributed by atoms with Crippen molar-refractivity contribution in [3.05, 3.63) is 75.0 Å². The van der Waals surface area contributed by atoms with Crippen LogP contribution in [-0.2, 0) is 0 Å². The molecule has 2 nitrogen and oxygen atoms in total. The van der Waals surface area contributed by atoms with Crippen LogP contribution >= 0.6 is 15.9 Å². The summed E-state index contributed by atoms with van der Waals surface area (Å²) < 4.78 is 1.04. The van der Waals surface area contributed by atoms with Crippen molar-refractivity contribution in [2.24, 2.45) is 0 Å². The van der Waals surface area contributed by atoms with Crippen LogP contribution in [0, 0.1) is 6.07 Å². The highest BCUT2D eigenvalue weighted by Crippen LogP contribution is 2.17. The number of hydrogen-bond acceptors (Lipinski definition) is 0. The first-order chi connectivity index (χ1) is 7.84. The Kier molecular flexibility index (Phi) is 3.58. The molecule has 0 unspecified atom stereocenters. The quantitative estimate of drug-likeness (QED) is 0.667. The fraction of sp³-hybridized carbons (Fsp3) is 0. The van der Waals surface area contributed by atoms with Gasteiger partial charge in [0, 0.05) is 4.47 Å². The van der Waals surface area contributed by atoms with Crippen LogP contribution in [-0.4, -0.2) is 0 Å². The molecule has 0 bridgehead atoms. The molecule has 0 atom stereocenters. The highest BCUT2D eigenvalue weighted by molar-refractivity contribution is 9.10. The van der Waals surface area contributed by atoms with Gasteiger partial charge in [0.15, 0.2) is 0 Å². The average molecular weight is 273 g/mol. The molecule has 0 N–H and O–H groups in total. The first kappa shape index (κ1) is 10.7. The predicted molar refractivity (Wildman–Crippen MR) is 70.0 cm³/mol. The van der Waals surface area contributed by atoms with E-state index in [1.54, 1.807) is 0 Å². The minimum atomic E-state index is 0.826. The molecule has 16 heavy (non-hydrogen) atoms. The van der Waals surface area contributed by atoms with Gasteiger partial charge in [0.05, 0.1) is 0 Å². The van der Waals surface area contributed by atoms with E-state index in [0.717, 1.165) is 15.7 Å². The normalized spacial score (nSPS) is 9.06. The van der Waals surface area contributed by atoms with Gasteiger partial charge in [0.2, 0.25) is 0 Å². The molecule has 0 aliphatic heterocycles. The van der Waals surface area contributed by atoms with Crippen molar-refractivity contribution < 1.29 is 0 Å². The molecule has 0 radical (unpaired) electrons. The summed E-state index contributed by atoms with van der Waals surface area (Å²) in [7, 11) is 0. The van der Waals surface area contributed by atoms with Gasteiger partial charge in [-0.3, -0.25) is 5.43 Å². The maximum absolute atomic E-state index is 4.03. The number of benzene rings is 2. The molecule has 0 aromatic heterocycles. The number of rotatable bonds is 1. The lowest BCUT2D eigenvalue weighted by Crippen LogP contribution is -1.70. The zero-order valence-corrected chi connectivity index (χ0v) is 10.1. The summed E-state index contributed by atoms with van der Waals surface area (Å²) >= 11 is 3.37. The van der Waals surface area contributed by atoms with Gasteiger partial charge in [0.25, 0.3) is 0 Å². The Hall–Kier alpha value is -1.79. The maximum atomic E-state index is 4.03. The molecule has 0 saturated carbocycles. The molecule has 0 heterocycles. The summed E-state index contributed by atoms with van der Waals surface area (Å²) in [6.45, 7) is 0. The zero-order valence-electron chi connectivity index (χ0n) is 8.47. The second kappa shape index (κ2) is 5.34. The van der Waals surface area contributed by atoms with Crippen LogP contribution < -0.4 is 0 Å². The fourth-order valence-electron chi connectivity index (χ4n) is 1.16. The van der Waals surface area contributed by atoms with Crippen LogP contribution in [0.1, 0.15) is 5.56 Å². The van der Waals surface area contributed by atoms with Crippen molar-refractivity contribution >= 4 is 21.6 Å². The fourth-order valence-corrected chi connectivity index (χ4v) is 1.42. The van der Waals surface area contributed by atoms with E-state index < -0.39 is 0 Å². The topological polar surface area (TPSA) is 18.5 Å². The van der Waals surface area contributed by atoms with Crippen LogP contribution in [0.3, 0.4) is 0 Å². The van der Waals surface area contributed by atoms with Gasteiger partial charge in [-0.1, -0.05) is 56.9 Å². The van der Waals surface area contributed by atoms with E-state index in [1.807, 2.05) is 54.6 Å². The van der Waals surface area contributed by atoms with E-state index in [1.165, 1.54) is 0 Å². The predicted octanol–water partition coefficient (Wildman–Crippen LogP) is 4.75. The molecule has 2 aromatic rings.